The first-order valence-corrected chi connectivity index (χ1v) is 7.08. The van der Waals surface area contributed by atoms with Crippen LogP contribution >= 0.6 is 0 Å². The second-order valence-corrected chi connectivity index (χ2v) is 5.77. The van der Waals surface area contributed by atoms with Gasteiger partial charge in [0.25, 0.3) is 0 Å². The van der Waals surface area contributed by atoms with Gasteiger partial charge in [-0.05, 0) is 29.3 Å². The van der Waals surface area contributed by atoms with Crippen LogP contribution in [-0.2, 0) is 4.74 Å². The molecule has 2 N–H and O–H groups in total. The van der Waals surface area contributed by atoms with E-state index in [9.17, 15) is 10.2 Å². The van der Waals surface area contributed by atoms with Gasteiger partial charge in [-0.1, -0.05) is 24.3 Å². The molecule has 1 aliphatic carbocycles. The van der Waals surface area contributed by atoms with Gasteiger partial charge in [-0.25, -0.2) is 4.98 Å². The zero-order valence-corrected chi connectivity index (χ0v) is 11.1. The number of aromatic nitrogens is 1. The van der Waals surface area contributed by atoms with E-state index >= 15 is 0 Å². The average Bonchev–Trinajstić information content (AvgIpc) is 3.30. The van der Waals surface area contributed by atoms with Crippen LogP contribution in [0.15, 0.2) is 42.5 Å². The lowest BCUT2D eigenvalue weighted by molar-refractivity contribution is 0.000104. The Morgan fingerprint density at radius 1 is 1.00 bits per heavy atom. The molecule has 104 valence electrons. The Balaban J connectivity index is 1.87. The van der Waals surface area contributed by atoms with E-state index in [4.69, 9.17) is 4.74 Å². The van der Waals surface area contributed by atoms with Crippen molar-refractivity contribution in [3.8, 4) is 0 Å². The molecule has 5 rings (SSSR count). The fraction of sp³-hybridized carbons (Fsp3) is 0.235. The summed E-state index contributed by atoms with van der Waals surface area (Å²) in [5.74, 6) is 0. The number of ether oxygens (including phenoxy) is 1. The van der Waals surface area contributed by atoms with Crippen molar-refractivity contribution in [2.24, 2.45) is 0 Å². The van der Waals surface area contributed by atoms with Crippen LogP contribution in [0, 0.1) is 0 Å². The number of aliphatic hydroxyl groups excluding tert-OH is 2. The first kappa shape index (κ1) is 11.6. The van der Waals surface area contributed by atoms with Crippen LogP contribution in [0.3, 0.4) is 0 Å². The number of epoxide rings is 1. The zero-order chi connectivity index (χ0) is 14.1. The maximum absolute atomic E-state index is 10.2. The van der Waals surface area contributed by atoms with Crippen LogP contribution in [0.25, 0.3) is 21.8 Å². The standard InChI is InChI=1S/C17H13NO3/c19-14-9-5-6-12-10(13(9)16-17(21-16)15(14)20)7-8-3-1-2-4-11(8)18-12/h1-7,14-17,19-20H/t14?,15-,16?,17-/m1/s1. The maximum atomic E-state index is 10.2. The van der Waals surface area contributed by atoms with Gasteiger partial charge in [-0.15, -0.1) is 0 Å². The molecule has 1 fully saturated rings. The summed E-state index contributed by atoms with van der Waals surface area (Å²) in [6.45, 7) is 0. The van der Waals surface area contributed by atoms with E-state index < -0.39 is 12.2 Å². The summed E-state index contributed by atoms with van der Waals surface area (Å²) in [7, 11) is 0. The summed E-state index contributed by atoms with van der Waals surface area (Å²) in [5, 5.41) is 22.3. The molecule has 21 heavy (non-hydrogen) atoms. The molecule has 1 saturated heterocycles. The number of aliphatic hydroxyl groups is 2. The second kappa shape index (κ2) is 3.80. The van der Waals surface area contributed by atoms with Crippen molar-refractivity contribution in [2.45, 2.75) is 24.4 Å². The van der Waals surface area contributed by atoms with Crippen molar-refractivity contribution < 1.29 is 14.9 Å². The molecule has 4 heteroatoms. The Morgan fingerprint density at radius 2 is 1.86 bits per heavy atom. The largest absolute Gasteiger partial charge is 0.387 e. The number of nitrogens with zero attached hydrogens (tertiary/aromatic N) is 1. The second-order valence-electron chi connectivity index (χ2n) is 5.77. The van der Waals surface area contributed by atoms with E-state index in [0.717, 1.165) is 32.9 Å². The van der Waals surface area contributed by atoms with E-state index in [1.54, 1.807) is 0 Å². The van der Waals surface area contributed by atoms with Crippen molar-refractivity contribution in [1.29, 1.82) is 0 Å². The number of para-hydroxylation sites is 1. The van der Waals surface area contributed by atoms with Crippen LogP contribution < -0.4 is 0 Å². The molecule has 2 aliphatic rings. The van der Waals surface area contributed by atoms with Crippen LogP contribution in [0.1, 0.15) is 23.3 Å². The first-order valence-electron chi connectivity index (χ1n) is 7.08. The predicted molar refractivity (Wildman–Crippen MR) is 77.8 cm³/mol. The van der Waals surface area contributed by atoms with Gasteiger partial charge in [-0.3, -0.25) is 0 Å². The molecule has 2 aromatic carbocycles. The van der Waals surface area contributed by atoms with E-state index in [0.29, 0.717) is 0 Å². The quantitative estimate of drug-likeness (QED) is 0.489. The maximum Gasteiger partial charge on any atom is 0.118 e. The molecule has 0 saturated carbocycles. The van der Waals surface area contributed by atoms with Gasteiger partial charge in [0.15, 0.2) is 0 Å². The highest BCUT2D eigenvalue weighted by Gasteiger charge is 2.54. The Bertz CT molecular complexity index is 892. The van der Waals surface area contributed by atoms with Crippen LogP contribution in [0.5, 0.6) is 0 Å². The molecule has 1 aromatic heterocycles. The van der Waals surface area contributed by atoms with Crippen molar-refractivity contribution in [1.82, 2.24) is 4.98 Å². The van der Waals surface area contributed by atoms with Gasteiger partial charge in [0.2, 0.25) is 0 Å². The summed E-state index contributed by atoms with van der Waals surface area (Å²) >= 11 is 0. The Hall–Kier alpha value is -2.01. The minimum absolute atomic E-state index is 0.120. The molecule has 0 bridgehead atoms. The molecular weight excluding hydrogens is 266 g/mol. The Kier molecular flexibility index (Phi) is 2.10. The highest BCUT2D eigenvalue weighted by atomic mass is 16.6. The van der Waals surface area contributed by atoms with Crippen molar-refractivity contribution in [2.75, 3.05) is 0 Å². The van der Waals surface area contributed by atoms with Gasteiger partial charge >= 0.3 is 0 Å². The highest BCUT2D eigenvalue weighted by molar-refractivity contribution is 5.95. The lowest BCUT2D eigenvalue weighted by atomic mass is 9.85. The van der Waals surface area contributed by atoms with E-state index in [1.165, 1.54) is 0 Å². The van der Waals surface area contributed by atoms with Gasteiger partial charge in [0, 0.05) is 10.8 Å². The van der Waals surface area contributed by atoms with Crippen molar-refractivity contribution in [3.63, 3.8) is 0 Å². The predicted octanol–water partition coefficient (Wildman–Crippen LogP) is 2.24. The third-order valence-electron chi connectivity index (χ3n) is 4.56. The Morgan fingerprint density at radius 3 is 2.76 bits per heavy atom. The van der Waals surface area contributed by atoms with Crippen LogP contribution in [-0.4, -0.2) is 27.4 Å². The smallest absolute Gasteiger partial charge is 0.118 e. The van der Waals surface area contributed by atoms with Gasteiger partial charge in [0.05, 0.1) is 11.0 Å². The van der Waals surface area contributed by atoms with E-state index in [1.807, 2.05) is 36.4 Å². The number of hydrogen-bond donors (Lipinski definition) is 2. The molecule has 4 atom stereocenters. The number of fused-ring (bicyclic) bond motifs is 6. The molecule has 2 heterocycles. The molecule has 1 aliphatic heterocycles. The number of hydrogen-bond acceptors (Lipinski definition) is 4. The first-order chi connectivity index (χ1) is 10.2. The van der Waals surface area contributed by atoms with Gasteiger partial charge < -0.3 is 14.9 Å². The third-order valence-corrected chi connectivity index (χ3v) is 4.56. The topological polar surface area (TPSA) is 65.9 Å². The van der Waals surface area contributed by atoms with Crippen LogP contribution in [0.4, 0.5) is 0 Å². The molecule has 2 unspecified atom stereocenters. The summed E-state index contributed by atoms with van der Waals surface area (Å²) in [4.78, 5) is 4.68. The molecule has 0 amide bonds. The summed E-state index contributed by atoms with van der Waals surface area (Å²) in [5.41, 5.74) is 3.58. The number of pyridine rings is 1. The zero-order valence-electron chi connectivity index (χ0n) is 11.1. The fourth-order valence-corrected chi connectivity index (χ4v) is 3.44. The Labute approximate surface area is 120 Å². The fourth-order valence-electron chi connectivity index (χ4n) is 3.44. The molecular formula is C17H13NO3. The third kappa shape index (κ3) is 1.47. The lowest BCUT2D eigenvalue weighted by Crippen LogP contribution is -2.29. The number of benzene rings is 2. The summed E-state index contributed by atoms with van der Waals surface area (Å²) < 4.78 is 5.57. The number of rotatable bonds is 0. The van der Waals surface area contributed by atoms with E-state index in [2.05, 4.69) is 11.1 Å². The molecule has 0 spiro atoms. The summed E-state index contributed by atoms with van der Waals surface area (Å²) in [6.07, 6.45) is -2.14. The molecule has 3 aromatic rings. The van der Waals surface area contributed by atoms with Crippen molar-refractivity contribution in [3.05, 3.63) is 53.6 Å². The summed E-state index contributed by atoms with van der Waals surface area (Å²) in [6, 6.07) is 13.8. The van der Waals surface area contributed by atoms with Gasteiger partial charge in [-0.2, -0.15) is 0 Å². The highest BCUT2D eigenvalue weighted by Crippen LogP contribution is 2.52. The SMILES string of the molecule is OC1c2ccc3nc4ccccc4cc3c2C2O[C@@H]2[C@@H]1O. The average molecular weight is 279 g/mol. The van der Waals surface area contributed by atoms with Crippen LogP contribution in [0.2, 0.25) is 0 Å². The minimum atomic E-state index is -0.889. The molecule has 4 nitrogen and oxygen atoms in total. The van der Waals surface area contributed by atoms with Crippen molar-refractivity contribution >= 4 is 21.8 Å². The lowest BCUT2D eigenvalue weighted by Gasteiger charge is -2.24. The van der Waals surface area contributed by atoms with E-state index in [-0.39, 0.29) is 12.2 Å². The minimum Gasteiger partial charge on any atom is -0.387 e. The normalized spacial score (nSPS) is 30.2. The van der Waals surface area contributed by atoms with Gasteiger partial charge in [0.1, 0.15) is 24.4 Å². The molecule has 0 radical (unpaired) electrons. The monoisotopic (exact) mass is 279 g/mol.